The first-order valence-corrected chi connectivity index (χ1v) is 12.4. The molecule has 2 amide bonds. The van der Waals surface area contributed by atoms with Gasteiger partial charge in [-0.2, -0.15) is 9.36 Å². The summed E-state index contributed by atoms with van der Waals surface area (Å²) in [4.78, 5) is 48.4. The van der Waals surface area contributed by atoms with Crippen LogP contribution in [-0.2, 0) is 32.8 Å². The van der Waals surface area contributed by atoms with E-state index in [9.17, 15) is 19.5 Å². The molecular weight excluding hydrogens is 510 g/mol. The monoisotopic (exact) mass is 534 g/mol. The van der Waals surface area contributed by atoms with E-state index in [4.69, 9.17) is 10.6 Å². The first kappa shape index (κ1) is 25.2. The van der Waals surface area contributed by atoms with Crippen LogP contribution in [0.25, 0.3) is 0 Å². The van der Waals surface area contributed by atoms with E-state index in [1.165, 1.54) is 22.7 Å². The fourth-order valence-electron chi connectivity index (χ4n) is 3.79. The Morgan fingerprint density at radius 3 is 2.89 bits per heavy atom. The lowest BCUT2D eigenvalue weighted by molar-refractivity contribution is -0.765. The van der Waals surface area contributed by atoms with Crippen LogP contribution in [0.15, 0.2) is 41.3 Å². The summed E-state index contributed by atoms with van der Waals surface area (Å²) >= 11 is 2.24. The number of nitrogens with one attached hydrogen (secondary N) is 2. The van der Waals surface area contributed by atoms with E-state index in [1.54, 1.807) is 7.05 Å². The summed E-state index contributed by atoms with van der Waals surface area (Å²) < 4.78 is 7.67. The second-order valence-corrected chi connectivity index (χ2v) is 9.56. The zero-order valence-corrected chi connectivity index (χ0v) is 21.0. The molecule has 190 valence electrons. The molecule has 0 spiro atoms. The number of thioether (sulfide) groups is 1. The molecule has 4 heterocycles. The second-order valence-electron chi connectivity index (χ2n) is 7.67. The lowest BCUT2D eigenvalue weighted by Gasteiger charge is -2.49. The summed E-state index contributed by atoms with van der Waals surface area (Å²) in [6, 6.07) is 0.903. The third-order valence-electron chi connectivity index (χ3n) is 5.50. The number of anilines is 2. The number of carboxylic acid groups (broad SMARTS) is 1. The molecule has 0 bridgehead atoms. The Labute approximate surface area is 213 Å². The minimum Gasteiger partial charge on any atom is -0.477 e. The number of aromatic nitrogens is 4. The Balaban J connectivity index is 1.54. The topological polar surface area (TPSA) is 181 Å². The maximum Gasteiger partial charge on any atom is 0.352 e. The zero-order valence-electron chi connectivity index (χ0n) is 19.4. The summed E-state index contributed by atoms with van der Waals surface area (Å²) in [5.74, 6) is -1.33. The molecule has 2 aromatic heterocycles. The van der Waals surface area contributed by atoms with Gasteiger partial charge in [0.05, 0.1) is 13.1 Å². The number of carbonyl (C=O) groups excluding carboxylic acids is 2. The lowest BCUT2D eigenvalue weighted by Crippen LogP contribution is -2.71. The third kappa shape index (κ3) is 4.64. The van der Waals surface area contributed by atoms with Gasteiger partial charge in [-0.05, 0) is 0 Å². The van der Waals surface area contributed by atoms with Gasteiger partial charge in [-0.15, -0.1) is 21.1 Å². The van der Waals surface area contributed by atoms with Gasteiger partial charge in [-0.1, -0.05) is 17.8 Å². The van der Waals surface area contributed by atoms with E-state index in [0.29, 0.717) is 11.3 Å². The van der Waals surface area contributed by atoms with Crippen LogP contribution in [0.1, 0.15) is 5.82 Å². The van der Waals surface area contributed by atoms with Crippen LogP contribution in [0.2, 0.25) is 0 Å². The van der Waals surface area contributed by atoms with Gasteiger partial charge in [0.1, 0.15) is 23.7 Å². The number of amides is 2. The molecular formula is C20H24N9O5S2+. The van der Waals surface area contributed by atoms with Gasteiger partial charge in [0.15, 0.2) is 23.7 Å². The Kier molecular flexibility index (Phi) is 7.25. The van der Waals surface area contributed by atoms with Crippen LogP contribution in [0, 0.1) is 0 Å². The fraction of sp³-hybridized carbons (Fsp3) is 0.350. The average molecular weight is 535 g/mol. The van der Waals surface area contributed by atoms with Crippen molar-refractivity contribution in [3.63, 3.8) is 0 Å². The zero-order chi connectivity index (χ0) is 26.0. The van der Waals surface area contributed by atoms with Crippen LogP contribution >= 0.6 is 23.3 Å². The highest BCUT2D eigenvalue weighted by Gasteiger charge is 2.55. The van der Waals surface area contributed by atoms with Crippen LogP contribution in [-0.4, -0.2) is 78.4 Å². The molecule has 16 heteroatoms. The van der Waals surface area contributed by atoms with Crippen LogP contribution in [0.4, 0.5) is 10.9 Å². The average Bonchev–Trinajstić information content (AvgIpc) is 3.44. The number of hydrogen-bond donors (Lipinski definition) is 4. The molecule has 0 aromatic carbocycles. The van der Waals surface area contributed by atoms with Gasteiger partial charge in [-0.3, -0.25) is 14.5 Å². The number of nitrogens with zero attached hydrogens (tertiary/aromatic N) is 6. The Hall–Kier alpha value is -3.92. The van der Waals surface area contributed by atoms with Crippen molar-refractivity contribution in [2.75, 3.05) is 30.5 Å². The van der Waals surface area contributed by atoms with Gasteiger partial charge in [0.25, 0.3) is 11.8 Å². The number of fused-ring (bicyclic) bond motifs is 1. The quantitative estimate of drug-likeness (QED) is 0.0747. The first-order valence-electron chi connectivity index (χ1n) is 10.6. The molecule has 36 heavy (non-hydrogen) atoms. The Bertz CT molecular complexity index is 1280. The largest absolute Gasteiger partial charge is 0.477 e. The van der Waals surface area contributed by atoms with Crippen molar-refractivity contribution in [2.24, 2.45) is 12.2 Å². The van der Waals surface area contributed by atoms with E-state index < -0.39 is 29.2 Å². The second kappa shape index (κ2) is 10.4. The molecule has 0 unspecified atom stereocenters. The van der Waals surface area contributed by atoms with Crippen molar-refractivity contribution in [3.05, 3.63) is 42.0 Å². The van der Waals surface area contributed by atoms with Crippen molar-refractivity contribution >= 4 is 57.7 Å². The Morgan fingerprint density at radius 2 is 2.28 bits per heavy atom. The molecule has 2 aliphatic rings. The molecule has 0 saturated carbocycles. The molecule has 1 saturated heterocycles. The van der Waals surface area contributed by atoms with E-state index in [0.717, 1.165) is 17.4 Å². The highest BCUT2D eigenvalue weighted by atomic mass is 32.2. The predicted molar refractivity (Wildman–Crippen MR) is 132 cm³/mol. The van der Waals surface area contributed by atoms with E-state index in [-0.39, 0.29) is 35.5 Å². The predicted octanol–water partition coefficient (Wildman–Crippen LogP) is -0.866. The molecule has 2 aliphatic heterocycles. The number of hydrogen-bond acceptors (Lipinski definition) is 11. The number of carbonyl (C=O) groups is 3. The molecule has 0 aliphatic carbocycles. The number of nitrogens with two attached hydrogens (primary N) is 1. The van der Waals surface area contributed by atoms with Gasteiger partial charge in [0, 0.05) is 29.9 Å². The van der Waals surface area contributed by atoms with Gasteiger partial charge < -0.3 is 26.3 Å². The first-order chi connectivity index (χ1) is 17.3. The van der Waals surface area contributed by atoms with Gasteiger partial charge in [0.2, 0.25) is 11.5 Å². The van der Waals surface area contributed by atoms with Crippen molar-refractivity contribution < 1.29 is 29.0 Å². The van der Waals surface area contributed by atoms with Crippen molar-refractivity contribution in [1.82, 2.24) is 24.3 Å². The number of β-lactam (4-membered cyclic amide) rings is 1. The molecule has 0 radical (unpaired) electrons. The number of nitrogen functional groups attached to an aromatic ring is 1. The van der Waals surface area contributed by atoms with Crippen molar-refractivity contribution in [3.8, 4) is 0 Å². The summed E-state index contributed by atoms with van der Waals surface area (Å²) in [6.45, 7) is 3.84. The number of rotatable bonds is 10. The van der Waals surface area contributed by atoms with E-state index >= 15 is 0 Å². The normalized spacial score (nSPS) is 19.4. The maximum absolute atomic E-state index is 13.0. The smallest absolute Gasteiger partial charge is 0.352 e. The van der Waals surface area contributed by atoms with E-state index in [1.807, 2.05) is 28.7 Å². The molecule has 4 rings (SSSR count). The third-order valence-corrected chi connectivity index (χ3v) is 7.38. The molecule has 1 fully saturated rings. The number of aliphatic carboxylic acids is 1. The van der Waals surface area contributed by atoms with Crippen LogP contribution in [0.5, 0.6) is 0 Å². The maximum atomic E-state index is 13.0. The number of oxime groups is 1. The van der Waals surface area contributed by atoms with E-state index in [2.05, 4.69) is 31.7 Å². The van der Waals surface area contributed by atoms with Crippen LogP contribution in [0.3, 0.4) is 0 Å². The minimum absolute atomic E-state index is 0.0372. The minimum atomic E-state index is -1.21. The number of carboxylic acids is 1. The molecule has 2 atom stereocenters. The lowest BCUT2D eigenvalue weighted by atomic mass is 10.0. The molecule has 5 N–H and O–H groups in total. The fourth-order valence-corrected chi connectivity index (χ4v) is 5.56. The highest BCUT2D eigenvalue weighted by molar-refractivity contribution is 8.00. The van der Waals surface area contributed by atoms with Crippen LogP contribution < -0.4 is 21.0 Å². The summed E-state index contributed by atoms with van der Waals surface area (Å²) in [7, 11) is 3.63. The summed E-state index contributed by atoms with van der Waals surface area (Å²) in [5, 5.41) is 18.9. The molecule has 2 aromatic rings. The van der Waals surface area contributed by atoms with Crippen molar-refractivity contribution in [2.45, 2.75) is 18.0 Å². The summed E-state index contributed by atoms with van der Waals surface area (Å²) in [6.07, 6.45) is 3.27. The Morgan fingerprint density at radius 1 is 1.50 bits per heavy atom. The van der Waals surface area contributed by atoms with Gasteiger partial charge in [-0.25, -0.2) is 4.79 Å². The SMILES string of the molecule is C=CCON=C(C(=O)N[C@@H]1C(=O)N2C(C(=O)O)=C(C[n+]3ccc(NC)n3C)CS[C@H]12)c1nsc(N)n1. The summed E-state index contributed by atoms with van der Waals surface area (Å²) in [5.41, 5.74) is 5.87. The highest BCUT2D eigenvalue weighted by Crippen LogP contribution is 2.40. The van der Waals surface area contributed by atoms with Crippen molar-refractivity contribution in [1.29, 1.82) is 0 Å². The van der Waals surface area contributed by atoms with Gasteiger partial charge >= 0.3 is 5.97 Å². The standard InChI is InChI=1S/C20H23N9O5S2/c1-4-7-34-25-12(15-24-20(21)36-26-15)16(30)23-13-17(31)29-14(19(32)33)10(9-35-18(13)29)8-28-6-5-11(22-2)27(28)3/h4-6,13,18H,1,7-9H2,2-3H3,(H4,21,23,24,26,30,32,33)/p+1/t13-,18-/m1/s1. The molecule has 14 nitrogen and oxygen atoms in total.